The third-order valence-electron chi connectivity index (χ3n) is 1.74. The first-order valence-corrected chi connectivity index (χ1v) is 4.49. The predicted molar refractivity (Wildman–Crippen MR) is 57.6 cm³/mol. The Hall–Kier alpha value is -1.44. The number of hydrogen-bond acceptors (Lipinski definition) is 2. The molecule has 2 heteroatoms. The zero-order valence-corrected chi connectivity index (χ0v) is 8.22. The summed E-state index contributed by atoms with van der Waals surface area (Å²) in [5, 5.41) is 6.27. The summed E-state index contributed by atoms with van der Waals surface area (Å²) < 4.78 is 0. The molecule has 0 radical (unpaired) electrons. The molecule has 0 aromatic heterocycles. The molecule has 0 aliphatic carbocycles. The second kappa shape index (κ2) is 4.55. The molecule has 1 aromatic carbocycles. The molecule has 0 fully saturated rings. The first-order chi connectivity index (χ1) is 6.22. The molecule has 70 valence electrons. The highest BCUT2D eigenvalue weighted by Crippen LogP contribution is 2.09. The number of rotatable bonds is 4. The van der Waals surface area contributed by atoms with Gasteiger partial charge in [-0.15, -0.1) is 0 Å². The Morgan fingerprint density at radius 3 is 2.46 bits per heavy atom. The zero-order valence-electron chi connectivity index (χ0n) is 8.22. The molecule has 0 unspecified atom stereocenters. The largest absolute Gasteiger partial charge is 0.372 e. The van der Waals surface area contributed by atoms with Gasteiger partial charge in [-0.2, -0.15) is 0 Å². The van der Waals surface area contributed by atoms with Crippen LogP contribution in [0, 0.1) is 6.92 Å². The number of hydrogen-bond donors (Lipinski definition) is 2. The van der Waals surface area contributed by atoms with Gasteiger partial charge in [0.2, 0.25) is 0 Å². The second-order valence-corrected chi connectivity index (χ2v) is 3.00. The molecule has 0 saturated carbocycles. The van der Waals surface area contributed by atoms with E-state index >= 15 is 0 Å². The molecule has 0 atom stereocenters. The quantitative estimate of drug-likeness (QED) is 0.736. The smallest absolute Gasteiger partial charge is 0.0957 e. The van der Waals surface area contributed by atoms with E-state index in [-0.39, 0.29) is 0 Å². The van der Waals surface area contributed by atoms with Crippen LogP contribution < -0.4 is 10.6 Å². The van der Waals surface area contributed by atoms with Gasteiger partial charge in [0.05, 0.1) is 5.82 Å². The van der Waals surface area contributed by atoms with Crippen LogP contribution in [-0.2, 0) is 0 Å². The lowest BCUT2D eigenvalue weighted by molar-refractivity contribution is 0.864. The van der Waals surface area contributed by atoms with Crippen molar-refractivity contribution in [1.82, 2.24) is 5.32 Å². The van der Waals surface area contributed by atoms with Gasteiger partial charge in [0.15, 0.2) is 0 Å². The van der Waals surface area contributed by atoms with Crippen LogP contribution in [0.5, 0.6) is 0 Å². The molecule has 0 aliphatic heterocycles. The van der Waals surface area contributed by atoms with E-state index in [1.54, 1.807) is 0 Å². The predicted octanol–water partition coefficient (Wildman–Crippen LogP) is 2.49. The van der Waals surface area contributed by atoms with Gasteiger partial charge in [0.25, 0.3) is 0 Å². The van der Waals surface area contributed by atoms with E-state index in [2.05, 4.69) is 36.3 Å². The van der Waals surface area contributed by atoms with Crippen molar-refractivity contribution in [2.75, 3.05) is 11.9 Å². The fourth-order valence-corrected chi connectivity index (χ4v) is 1.07. The number of benzene rings is 1. The Kier molecular flexibility index (Phi) is 3.38. The first-order valence-electron chi connectivity index (χ1n) is 4.49. The number of anilines is 1. The molecular formula is C11H16N2. The zero-order chi connectivity index (χ0) is 9.68. The monoisotopic (exact) mass is 176 g/mol. The maximum absolute atomic E-state index is 3.84. The van der Waals surface area contributed by atoms with Gasteiger partial charge in [-0.1, -0.05) is 24.3 Å². The molecule has 0 bridgehead atoms. The third-order valence-corrected chi connectivity index (χ3v) is 1.74. The molecule has 0 saturated heterocycles. The Labute approximate surface area is 79.7 Å². The normalized spacial score (nSPS) is 9.38. The van der Waals surface area contributed by atoms with E-state index < -0.39 is 0 Å². The van der Waals surface area contributed by atoms with Gasteiger partial charge in [-0.05, 0) is 26.0 Å². The molecule has 1 rings (SSSR count). The highest BCUT2D eigenvalue weighted by molar-refractivity contribution is 5.48. The van der Waals surface area contributed by atoms with E-state index in [4.69, 9.17) is 0 Å². The topological polar surface area (TPSA) is 24.1 Å². The summed E-state index contributed by atoms with van der Waals surface area (Å²) in [5.74, 6) is 0.839. The van der Waals surface area contributed by atoms with Crippen LogP contribution in [0.25, 0.3) is 0 Å². The van der Waals surface area contributed by atoms with Gasteiger partial charge >= 0.3 is 0 Å². The van der Waals surface area contributed by atoms with E-state index in [0.29, 0.717) is 0 Å². The van der Waals surface area contributed by atoms with Crippen molar-refractivity contribution in [3.8, 4) is 0 Å². The summed E-state index contributed by atoms with van der Waals surface area (Å²) in [5.41, 5.74) is 2.33. The standard InChI is InChI=1S/C11H16N2/c1-4-12-10(3)13-11-7-5-9(2)6-8-11/h5-8,12-13H,3-4H2,1-2H3. The minimum absolute atomic E-state index is 0.839. The van der Waals surface area contributed by atoms with Crippen LogP contribution in [0.3, 0.4) is 0 Å². The Morgan fingerprint density at radius 2 is 1.92 bits per heavy atom. The van der Waals surface area contributed by atoms with Crippen molar-refractivity contribution >= 4 is 5.69 Å². The van der Waals surface area contributed by atoms with Crippen molar-refractivity contribution in [3.05, 3.63) is 42.2 Å². The van der Waals surface area contributed by atoms with Crippen LogP contribution in [0.1, 0.15) is 12.5 Å². The van der Waals surface area contributed by atoms with Crippen molar-refractivity contribution in [2.45, 2.75) is 13.8 Å². The maximum atomic E-state index is 3.84. The highest BCUT2D eigenvalue weighted by atomic mass is 15.1. The maximum Gasteiger partial charge on any atom is 0.0957 e. The summed E-state index contributed by atoms with van der Waals surface area (Å²) >= 11 is 0. The minimum atomic E-state index is 0.839. The van der Waals surface area contributed by atoms with Gasteiger partial charge in [-0.3, -0.25) is 0 Å². The Morgan fingerprint density at radius 1 is 1.31 bits per heavy atom. The number of nitrogens with one attached hydrogen (secondary N) is 2. The van der Waals surface area contributed by atoms with E-state index in [0.717, 1.165) is 18.1 Å². The minimum Gasteiger partial charge on any atom is -0.372 e. The summed E-state index contributed by atoms with van der Waals surface area (Å²) in [7, 11) is 0. The molecular weight excluding hydrogens is 160 g/mol. The number of aryl methyl sites for hydroxylation is 1. The Bertz CT molecular complexity index is 275. The van der Waals surface area contributed by atoms with Crippen molar-refractivity contribution in [1.29, 1.82) is 0 Å². The van der Waals surface area contributed by atoms with Crippen LogP contribution in [0.15, 0.2) is 36.7 Å². The van der Waals surface area contributed by atoms with E-state index in [9.17, 15) is 0 Å². The third kappa shape index (κ3) is 3.20. The summed E-state index contributed by atoms with van der Waals surface area (Å²) in [4.78, 5) is 0. The molecule has 0 heterocycles. The molecule has 0 spiro atoms. The molecule has 1 aromatic rings. The summed E-state index contributed by atoms with van der Waals surface area (Å²) in [6, 6.07) is 8.22. The second-order valence-electron chi connectivity index (χ2n) is 3.00. The molecule has 0 aliphatic rings. The lowest BCUT2D eigenvalue weighted by Crippen LogP contribution is -2.17. The molecule has 2 nitrogen and oxygen atoms in total. The lowest BCUT2D eigenvalue weighted by atomic mass is 10.2. The van der Waals surface area contributed by atoms with Crippen LogP contribution in [0.4, 0.5) is 5.69 Å². The van der Waals surface area contributed by atoms with Gasteiger partial charge in [0, 0.05) is 12.2 Å². The summed E-state index contributed by atoms with van der Waals surface area (Å²) in [6.45, 7) is 8.84. The van der Waals surface area contributed by atoms with Crippen LogP contribution >= 0.6 is 0 Å². The molecule has 13 heavy (non-hydrogen) atoms. The van der Waals surface area contributed by atoms with Crippen LogP contribution in [0.2, 0.25) is 0 Å². The highest BCUT2D eigenvalue weighted by Gasteiger charge is 1.92. The van der Waals surface area contributed by atoms with Crippen molar-refractivity contribution in [3.63, 3.8) is 0 Å². The van der Waals surface area contributed by atoms with Gasteiger partial charge < -0.3 is 10.6 Å². The van der Waals surface area contributed by atoms with Crippen LogP contribution in [-0.4, -0.2) is 6.54 Å². The Balaban J connectivity index is 2.54. The van der Waals surface area contributed by atoms with Gasteiger partial charge in [0.1, 0.15) is 0 Å². The van der Waals surface area contributed by atoms with Gasteiger partial charge in [-0.25, -0.2) is 0 Å². The summed E-state index contributed by atoms with van der Waals surface area (Å²) in [6.07, 6.45) is 0. The van der Waals surface area contributed by atoms with Crippen molar-refractivity contribution in [2.24, 2.45) is 0 Å². The average Bonchev–Trinajstić information content (AvgIpc) is 2.09. The fourth-order valence-electron chi connectivity index (χ4n) is 1.07. The van der Waals surface area contributed by atoms with E-state index in [1.165, 1.54) is 5.56 Å². The molecule has 2 N–H and O–H groups in total. The lowest BCUT2D eigenvalue weighted by Gasteiger charge is -2.10. The first kappa shape index (κ1) is 9.65. The molecule has 0 amide bonds. The van der Waals surface area contributed by atoms with Crippen molar-refractivity contribution < 1.29 is 0 Å². The SMILES string of the molecule is C=C(NCC)Nc1ccc(C)cc1. The van der Waals surface area contributed by atoms with E-state index in [1.807, 2.05) is 19.1 Å². The fraction of sp³-hybridized carbons (Fsp3) is 0.273. The average molecular weight is 176 g/mol.